The molecule has 0 aromatic heterocycles. The van der Waals surface area contributed by atoms with Crippen LogP contribution in [0.5, 0.6) is 0 Å². The van der Waals surface area contributed by atoms with Crippen molar-refractivity contribution in [2.45, 2.75) is 32.3 Å². The smallest absolute Gasteiger partial charge is 0.319 e. The maximum Gasteiger partial charge on any atom is 0.319 e. The summed E-state index contributed by atoms with van der Waals surface area (Å²) >= 11 is 6.01. The number of nitrogens with one attached hydrogen (secondary N) is 2. The van der Waals surface area contributed by atoms with E-state index in [0.29, 0.717) is 30.5 Å². The first-order chi connectivity index (χ1) is 10.6. The number of ether oxygens (including phenoxy) is 2. The molecule has 1 atom stereocenters. The number of aryl methyl sites for hydroxylation is 1. The summed E-state index contributed by atoms with van der Waals surface area (Å²) in [6, 6.07) is 5.20. The number of halogens is 1. The van der Waals surface area contributed by atoms with Gasteiger partial charge < -0.3 is 20.1 Å². The summed E-state index contributed by atoms with van der Waals surface area (Å²) in [7, 11) is 0. The Morgan fingerprint density at radius 3 is 3.09 bits per heavy atom. The molecule has 1 aliphatic rings. The van der Waals surface area contributed by atoms with Crippen LogP contribution in [0.25, 0.3) is 0 Å². The van der Waals surface area contributed by atoms with Gasteiger partial charge in [0.25, 0.3) is 0 Å². The third-order valence-electron chi connectivity index (χ3n) is 3.51. The molecule has 1 unspecified atom stereocenters. The van der Waals surface area contributed by atoms with Gasteiger partial charge in [0.2, 0.25) is 0 Å². The van der Waals surface area contributed by atoms with Gasteiger partial charge in [0.1, 0.15) is 0 Å². The molecule has 1 aliphatic heterocycles. The minimum Gasteiger partial charge on any atom is -0.379 e. The molecular weight excluding hydrogens is 304 g/mol. The maximum absolute atomic E-state index is 11.7. The molecular formula is C16H23ClN2O3. The average molecular weight is 327 g/mol. The van der Waals surface area contributed by atoms with Crippen molar-refractivity contribution in [3.8, 4) is 0 Å². The van der Waals surface area contributed by atoms with Gasteiger partial charge in [-0.15, -0.1) is 0 Å². The van der Waals surface area contributed by atoms with Gasteiger partial charge >= 0.3 is 6.03 Å². The van der Waals surface area contributed by atoms with Gasteiger partial charge in [0.05, 0.1) is 12.7 Å². The number of anilines is 1. The second-order valence-electron chi connectivity index (χ2n) is 5.41. The number of hydrogen-bond donors (Lipinski definition) is 2. The van der Waals surface area contributed by atoms with Crippen molar-refractivity contribution < 1.29 is 14.3 Å². The summed E-state index contributed by atoms with van der Waals surface area (Å²) in [6.07, 6.45) is 3.23. The standard InChI is InChI=1S/C16H23ClN2O3/c1-12-5-6-13(10-15(12)17)19-16(20)18-7-3-8-21-11-14-4-2-9-22-14/h5-6,10,14H,2-4,7-9,11H2,1H3,(H2,18,19,20). The van der Waals surface area contributed by atoms with Gasteiger partial charge in [-0.25, -0.2) is 4.79 Å². The number of rotatable bonds is 7. The van der Waals surface area contributed by atoms with Crippen LogP contribution >= 0.6 is 11.6 Å². The summed E-state index contributed by atoms with van der Waals surface area (Å²) in [5, 5.41) is 6.18. The van der Waals surface area contributed by atoms with Gasteiger partial charge in [-0.1, -0.05) is 17.7 Å². The lowest BCUT2D eigenvalue weighted by atomic mass is 10.2. The minimum atomic E-state index is -0.237. The number of benzene rings is 1. The van der Waals surface area contributed by atoms with E-state index < -0.39 is 0 Å². The Morgan fingerprint density at radius 2 is 2.36 bits per heavy atom. The molecule has 6 heteroatoms. The first kappa shape index (κ1) is 17.1. The molecule has 0 bridgehead atoms. The Balaban J connectivity index is 1.54. The number of amides is 2. The lowest BCUT2D eigenvalue weighted by Crippen LogP contribution is -2.30. The van der Waals surface area contributed by atoms with Crippen LogP contribution in [0.3, 0.4) is 0 Å². The van der Waals surface area contributed by atoms with E-state index in [-0.39, 0.29) is 12.1 Å². The number of carbonyl (C=O) groups excluding carboxylic acids is 1. The third kappa shape index (κ3) is 5.83. The quantitative estimate of drug-likeness (QED) is 0.755. The SMILES string of the molecule is Cc1ccc(NC(=O)NCCCOCC2CCCO2)cc1Cl. The fourth-order valence-corrected chi connectivity index (χ4v) is 2.39. The van der Waals surface area contributed by atoms with Crippen molar-refractivity contribution in [2.75, 3.05) is 31.7 Å². The van der Waals surface area contributed by atoms with Gasteiger partial charge in [-0.3, -0.25) is 0 Å². The van der Waals surface area contributed by atoms with E-state index in [4.69, 9.17) is 21.1 Å². The zero-order chi connectivity index (χ0) is 15.8. The van der Waals surface area contributed by atoms with Crippen LogP contribution in [0.4, 0.5) is 10.5 Å². The van der Waals surface area contributed by atoms with E-state index in [0.717, 1.165) is 31.4 Å². The molecule has 1 aromatic rings. The Bertz CT molecular complexity index is 490. The van der Waals surface area contributed by atoms with Crippen LogP contribution in [0.1, 0.15) is 24.8 Å². The van der Waals surface area contributed by atoms with E-state index in [1.54, 1.807) is 6.07 Å². The van der Waals surface area contributed by atoms with E-state index in [1.807, 2.05) is 19.1 Å². The zero-order valence-corrected chi connectivity index (χ0v) is 13.6. The van der Waals surface area contributed by atoms with Crippen LogP contribution < -0.4 is 10.6 Å². The van der Waals surface area contributed by atoms with Crippen molar-refractivity contribution >= 4 is 23.3 Å². The number of hydrogen-bond acceptors (Lipinski definition) is 3. The molecule has 1 heterocycles. The molecule has 122 valence electrons. The first-order valence-corrected chi connectivity index (χ1v) is 8.03. The zero-order valence-electron chi connectivity index (χ0n) is 12.9. The fourth-order valence-electron chi connectivity index (χ4n) is 2.21. The van der Waals surface area contributed by atoms with Crippen LogP contribution in [0, 0.1) is 6.92 Å². The Morgan fingerprint density at radius 1 is 1.50 bits per heavy atom. The summed E-state index contributed by atoms with van der Waals surface area (Å²) in [4.78, 5) is 11.7. The van der Waals surface area contributed by atoms with Crippen molar-refractivity contribution in [1.82, 2.24) is 5.32 Å². The molecule has 2 N–H and O–H groups in total. The second kappa shape index (κ2) is 8.98. The molecule has 22 heavy (non-hydrogen) atoms. The molecule has 0 aliphatic carbocycles. The lowest BCUT2D eigenvalue weighted by Gasteiger charge is -2.11. The average Bonchev–Trinajstić information content (AvgIpc) is 3.00. The Hall–Kier alpha value is -1.30. The normalized spacial score (nSPS) is 17.5. The van der Waals surface area contributed by atoms with E-state index in [9.17, 15) is 4.79 Å². The van der Waals surface area contributed by atoms with Crippen LogP contribution in [-0.4, -0.2) is 38.5 Å². The summed E-state index contributed by atoms with van der Waals surface area (Å²) in [5.41, 5.74) is 1.67. The van der Waals surface area contributed by atoms with Crippen molar-refractivity contribution in [3.05, 3.63) is 28.8 Å². The lowest BCUT2D eigenvalue weighted by molar-refractivity contribution is 0.0168. The van der Waals surface area contributed by atoms with Gasteiger partial charge in [-0.2, -0.15) is 0 Å². The minimum absolute atomic E-state index is 0.237. The Labute approximate surface area is 136 Å². The highest BCUT2D eigenvalue weighted by molar-refractivity contribution is 6.31. The monoisotopic (exact) mass is 326 g/mol. The van der Waals surface area contributed by atoms with E-state index in [1.165, 1.54) is 0 Å². The van der Waals surface area contributed by atoms with Crippen LogP contribution in [0.15, 0.2) is 18.2 Å². The molecule has 2 amide bonds. The van der Waals surface area contributed by atoms with Crippen molar-refractivity contribution in [1.29, 1.82) is 0 Å². The highest BCUT2D eigenvalue weighted by Crippen LogP contribution is 2.19. The molecule has 5 nitrogen and oxygen atoms in total. The number of urea groups is 1. The third-order valence-corrected chi connectivity index (χ3v) is 3.92. The van der Waals surface area contributed by atoms with Crippen molar-refractivity contribution in [2.24, 2.45) is 0 Å². The van der Waals surface area contributed by atoms with Crippen molar-refractivity contribution in [3.63, 3.8) is 0 Å². The predicted molar refractivity (Wildman–Crippen MR) is 87.6 cm³/mol. The molecule has 0 saturated carbocycles. The second-order valence-corrected chi connectivity index (χ2v) is 5.82. The highest BCUT2D eigenvalue weighted by Gasteiger charge is 2.14. The molecule has 0 radical (unpaired) electrons. The fraction of sp³-hybridized carbons (Fsp3) is 0.562. The Kier molecular flexibility index (Phi) is 6.96. The van der Waals surface area contributed by atoms with E-state index >= 15 is 0 Å². The number of carbonyl (C=O) groups is 1. The summed E-state index contributed by atoms with van der Waals surface area (Å²) in [6.45, 7) is 4.60. The topological polar surface area (TPSA) is 59.6 Å². The van der Waals surface area contributed by atoms with Crippen LogP contribution in [-0.2, 0) is 9.47 Å². The largest absolute Gasteiger partial charge is 0.379 e. The van der Waals surface area contributed by atoms with Gasteiger partial charge in [0, 0.05) is 30.5 Å². The molecule has 1 saturated heterocycles. The molecule has 0 spiro atoms. The predicted octanol–water partition coefficient (Wildman–Crippen LogP) is 3.36. The van der Waals surface area contributed by atoms with Gasteiger partial charge in [0.15, 0.2) is 0 Å². The van der Waals surface area contributed by atoms with Gasteiger partial charge in [-0.05, 0) is 43.9 Å². The van der Waals surface area contributed by atoms with Crippen LogP contribution in [0.2, 0.25) is 5.02 Å². The molecule has 1 aromatic carbocycles. The van der Waals surface area contributed by atoms with E-state index in [2.05, 4.69) is 10.6 Å². The maximum atomic E-state index is 11.7. The summed E-state index contributed by atoms with van der Waals surface area (Å²) in [5.74, 6) is 0. The first-order valence-electron chi connectivity index (χ1n) is 7.65. The molecule has 2 rings (SSSR count). The molecule has 1 fully saturated rings. The summed E-state index contributed by atoms with van der Waals surface area (Å²) < 4.78 is 11.0. The highest BCUT2D eigenvalue weighted by atomic mass is 35.5.